The topological polar surface area (TPSA) is 53.9 Å². The van der Waals surface area contributed by atoms with Crippen LogP contribution in [0.5, 0.6) is 0 Å². The molecule has 1 unspecified atom stereocenters. The Morgan fingerprint density at radius 3 is 3.14 bits per heavy atom. The number of benzene rings is 1. The number of nitrogens with zero attached hydrogens (tertiary/aromatic N) is 2. The molecule has 1 N–H and O–H groups in total. The number of rotatable bonds is 6. The highest BCUT2D eigenvalue weighted by Crippen LogP contribution is 2.18. The lowest BCUT2D eigenvalue weighted by molar-refractivity contribution is 0.0630. The largest absolute Gasteiger partial charge is 0.390 e. The molecule has 22 heavy (non-hydrogen) atoms. The minimum Gasteiger partial charge on any atom is -0.390 e. The normalized spacial score (nSPS) is 16.6. The van der Waals surface area contributed by atoms with Crippen molar-refractivity contribution in [2.45, 2.75) is 19.4 Å². The number of nitrogens with one attached hydrogen (secondary N) is 1. The lowest BCUT2D eigenvalue weighted by atomic mass is 10.0. The summed E-state index contributed by atoms with van der Waals surface area (Å²) in [6, 6.07) is 6.08. The molecule has 0 bridgehead atoms. The molecule has 0 radical (unpaired) electrons. The lowest BCUT2D eigenvalue weighted by Gasteiger charge is -2.23. The molecule has 118 valence electrons. The molecular formula is C16H20FN3O2. The minimum atomic E-state index is -0.306. The maximum absolute atomic E-state index is 13.3. The van der Waals surface area contributed by atoms with Gasteiger partial charge in [-0.25, -0.2) is 9.18 Å². The average molecular weight is 305 g/mol. The molecule has 0 fully saturated rings. The van der Waals surface area contributed by atoms with Crippen LogP contribution in [-0.2, 0) is 4.84 Å². The van der Waals surface area contributed by atoms with E-state index in [1.807, 2.05) is 6.92 Å². The Labute approximate surface area is 129 Å². The smallest absolute Gasteiger partial charge is 0.317 e. The Morgan fingerprint density at radius 2 is 2.45 bits per heavy atom. The van der Waals surface area contributed by atoms with Crippen LogP contribution in [0.4, 0.5) is 9.18 Å². The first-order valence-corrected chi connectivity index (χ1v) is 7.26. The molecule has 2 amide bonds. The van der Waals surface area contributed by atoms with Crippen molar-refractivity contribution in [2.24, 2.45) is 5.16 Å². The van der Waals surface area contributed by atoms with Gasteiger partial charge < -0.3 is 15.1 Å². The maximum Gasteiger partial charge on any atom is 0.317 e. The minimum absolute atomic E-state index is 0.162. The SMILES string of the molecule is C=CCN(CC1CC(c2cccc(F)c2)=NO1)C(=O)NCC. The first-order valence-electron chi connectivity index (χ1n) is 7.26. The zero-order valence-corrected chi connectivity index (χ0v) is 12.6. The van der Waals surface area contributed by atoms with Crippen LogP contribution in [0.1, 0.15) is 18.9 Å². The number of hydrogen-bond acceptors (Lipinski definition) is 3. The summed E-state index contributed by atoms with van der Waals surface area (Å²) >= 11 is 0. The average Bonchev–Trinajstić information content (AvgIpc) is 2.96. The number of amides is 2. The fraction of sp³-hybridized carbons (Fsp3) is 0.375. The summed E-state index contributed by atoms with van der Waals surface area (Å²) in [5.74, 6) is -0.306. The predicted octanol–water partition coefficient (Wildman–Crippen LogP) is 2.54. The fourth-order valence-corrected chi connectivity index (χ4v) is 2.27. The van der Waals surface area contributed by atoms with Crippen molar-refractivity contribution in [1.82, 2.24) is 10.2 Å². The standard InChI is InChI=1S/C16H20FN3O2/c1-3-8-20(16(21)18-4-2)11-14-10-15(19-22-14)12-6-5-7-13(17)9-12/h3,5-7,9,14H,1,4,8,10-11H2,2H3,(H,18,21). The van der Waals surface area contributed by atoms with E-state index in [1.165, 1.54) is 12.1 Å². The second kappa shape index (κ2) is 7.59. The lowest BCUT2D eigenvalue weighted by Crippen LogP contribution is -2.43. The molecule has 5 nitrogen and oxygen atoms in total. The van der Waals surface area contributed by atoms with Gasteiger partial charge in [0.25, 0.3) is 0 Å². The number of hydrogen-bond donors (Lipinski definition) is 1. The Balaban J connectivity index is 1.96. The Morgan fingerprint density at radius 1 is 1.64 bits per heavy atom. The zero-order chi connectivity index (χ0) is 15.9. The molecule has 0 aliphatic carbocycles. The highest BCUT2D eigenvalue weighted by molar-refractivity contribution is 6.01. The summed E-state index contributed by atoms with van der Waals surface area (Å²) in [4.78, 5) is 18.9. The highest BCUT2D eigenvalue weighted by atomic mass is 19.1. The van der Waals surface area contributed by atoms with Gasteiger partial charge in [0.15, 0.2) is 6.10 Å². The molecule has 1 aromatic rings. The molecule has 1 heterocycles. The van der Waals surface area contributed by atoms with Crippen LogP contribution in [0.15, 0.2) is 42.1 Å². The summed E-state index contributed by atoms with van der Waals surface area (Å²) in [5, 5.41) is 6.76. The second-order valence-electron chi connectivity index (χ2n) is 5.01. The number of carbonyl (C=O) groups excluding carboxylic acids is 1. The molecule has 0 saturated carbocycles. The summed E-state index contributed by atoms with van der Waals surface area (Å²) in [7, 11) is 0. The van der Waals surface area contributed by atoms with E-state index in [4.69, 9.17) is 4.84 Å². The van der Waals surface area contributed by atoms with Gasteiger partial charge in [0.1, 0.15) is 5.82 Å². The third kappa shape index (κ3) is 4.07. The van der Waals surface area contributed by atoms with Crippen LogP contribution in [0.3, 0.4) is 0 Å². The summed E-state index contributed by atoms with van der Waals surface area (Å²) < 4.78 is 13.3. The highest BCUT2D eigenvalue weighted by Gasteiger charge is 2.26. The van der Waals surface area contributed by atoms with E-state index in [-0.39, 0.29) is 18.0 Å². The Hall–Kier alpha value is -2.37. The van der Waals surface area contributed by atoms with Crippen LogP contribution in [0, 0.1) is 5.82 Å². The Bertz CT molecular complexity index is 574. The van der Waals surface area contributed by atoms with E-state index in [1.54, 1.807) is 23.1 Å². The van der Waals surface area contributed by atoms with Crippen LogP contribution in [-0.4, -0.2) is 42.4 Å². The third-order valence-electron chi connectivity index (χ3n) is 3.28. The maximum atomic E-state index is 13.3. The van der Waals surface area contributed by atoms with Gasteiger partial charge in [0.05, 0.1) is 12.3 Å². The molecule has 2 rings (SSSR count). The van der Waals surface area contributed by atoms with E-state index in [0.717, 1.165) is 0 Å². The zero-order valence-electron chi connectivity index (χ0n) is 12.6. The van der Waals surface area contributed by atoms with Gasteiger partial charge in [0, 0.05) is 25.1 Å². The molecule has 0 saturated heterocycles. The van der Waals surface area contributed by atoms with Crippen molar-refractivity contribution in [3.63, 3.8) is 0 Å². The summed E-state index contributed by atoms with van der Waals surface area (Å²) in [6.45, 7) is 6.91. The van der Waals surface area contributed by atoms with Crippen molar-refractivity contribution in [3.8, 4) is 0 Å². The van der Waals surface area contributed by atoms with Gasteiger partial charge in [-0.05, 0) is 19.1 Å². The Kier molecular flexibility index (Phi) is 5.52. The molecule has 1 aliphatic rings. The van der Waals surface area contributed by atoms with Crippen LogP contribution >= 0.6 is 0 Å². The molecule has 1 aliphatic heterocycles. The van der Waals surface area contributed by atoms with Crippen molar-refractivity contribution in [1.29, 1.82) is 0 Å². The third-order valence-corrected chi connectivity index (χ3v) is 3.28. The van der Waals surface area contributed by atoms with Crippen LogP contribution < -0.4 is 5.32 Å². The van der Waals surface area contributed by atoms with Gasteiger partial charge >= 0.3 is 6.03 Å². The second-order valence-corrected chi connectivity index (χ2v) is 5.01. The van der Waals surface area contributed by atoms with E-state index in [0.29, 0.717) is 37.3 Å². The van der Waals surface area contributed by atoms with Crippen molar-refractivity contribution < 1.29 is 14.0 Å². The van der Waals surface area contributed by atoms with Crippen molar-refractivity contribution in [3.05, 3.63) is 48.3 Å². The first-order chi connectivity index (χ1) is 10.6. The fourth-order valence-electron chi connectivity index (χ4n) is 2.27. The van der Waals surface area contributed by atoms with Gasteiger partial charge in [-0.15, -0.1) is 6.58 Å². The molecule has 0 spiro atoms. The first kappa shape index (κ1) is 16.0. The van der Waals surface area contributed by atoms with E-state index >= 15 is 0 Å². The molecule has 1 atom stereocenters. The van der Waals surface area contributed by atoms with Crippen molar-refractivity contribution in [2.75, 3.05) is 19.6 Å². The van der Waals surface area contributed by atoms with Crippen LogP contribution in [0.2, 0.25) is 0 Å². The van der Waals surface area contributed by atoms with E-state index in [9.17, 15) is 9.18 Å². The molecule has 6 heteroatoms. The summed E-state index contributed by atoms with van der Waals surface area (Å²) in [6.07, 6.45) is 1.97. The van der Waals surface area contributed by atoms with E-state index < -0.39 is 0 Å². The quantitative estimate of drug-likeness (QED) is 0.821. The van der Waals surface area contributed by atoms with Gasteiger partial charge in [-0.2, -0.15) is 0 Å². The van der Waals surface area contributed by atoms with Gasteiger partial charge in [-0.3, -0.25) is 0 Å². The molecule has 0 aromatic heterocycles. The summed E-state index contributed by atoms with van der Waals surface area (Å²) in [5.41, 5.74) is 1.40. The van der Waals surface area contributed by atoms with Crippen molar-refractivity contribution >= 4 is 11.7 Å². The van der Waals surface area contributed by atoms with Gasteiger partial charge in [0.2, 0.25) is 0 Å². The number of oxime groups is 1. The van der Waals surface area contributed by atoms with E-state index in [2.05, 4.69) is 17.1 Å². The molecular weight excluding hydrogens is 285 g/mol. The number of carbonyl (C=O) groups is 1. The monoisotopic (exact) mass is 305 g/mol. The van der Waals surface area contributed by atoms with Gasteiger partial charge in [-0.1, -0.05) is 23.4 Å². The predicted molar refractivity (Wildman–Crippen MR) is 83.3 cm³/mol. The molecule has 1 aromatic carbocycles. The van der Waals surface area contributed by atoms with Crippen LogP contribution in [0.25, 0.3) is 0 Å². The number of halogens is 1. The number of urea groups is 1.